The van der Waals surface area contributed by atoms with Gasteiger partial charge in [0.25, 0.3) is 0 Å². The predicted octanol–water partition coefficient (Wildman–Crippen LogP) is 1.24. The molecule has 0 bridgehead atoms. The molecule has 0 saturated carbocycles. The van der Waals surface area contributed by atoms with Gasteiger partial charge in [-0.3, -0.25) is 9.59 Å². The lowest BCUT2D eigenvalue weighted by Crippen LogP contribution is -2.33. The molecule has 0 aromatic heterocycles. The van der Waals surface area contributed by atoms with E-state index in [1.165, 1.54) is 7.11 Å². The standard InChI is InChI=1S/C13H17NO4/c1-3-8-4-5-11(18-2)9(6-8)13(17)10(14)7-12(15)16/h4-6,10H,3,7,14H2,1-2H3,(H,15,16). The second-order valence-corrected chi connectivity index (χ2v) is 3.96. The number of carbonyl (C=O) groups excluding carboxylic acids is 1. The predicted molar refractivity (Wildman–Crippen MR) is 66.9 cm³/mol. The molecule has 5 nitrogen and oxygen atoms in total. The van der Waals surface area contributed by atoms with Crippen LogP contribution in [0, 0.1) is 0 Å². The van der Waals surface area contributed by atoms with Crippen LogP contribution < -0.4 is 10.5 Å². The first-order valence-electron chi connectivity index (χ1n) is 5.68. The van der Waals surface area contributed by atoms with Crippen molar-refractivity contribution in [3.05, 3.63) is 29.3 Å². The van der Waals surface area contributed by atoms with E-state index in [9.17, 15) is 9.59 Å². The van der Waals surface area contributed by atoms with Crippen molar-refractivity contribution in [3.63, 3.8) is 0 Å². The van der Waals surface area contributed by atoms with Gasteiger partial charge in [0, 0.05) is 0 Å². The fourth-order valence-electron chi connectivity index (χ4n) is 1.65. The number of nitrogens with two attached hydrogens (primary N) is 1. The van der Waals surface area contributed by atoms with Gasteiger partial charge >= 0.3 is 5.97 Å². The van der Waals surface area contributed by atoms with Gasteiger partial charge in [0.2, 0.25) is 0 Å². The molecule has 0 heterocycles. The minimum Gasteiger partial charge on any atom is -0.496 e. The fraction of sp³-hybridized carbons (Fsp3) is 0.385. The van der Waals surface area contributed by atoms with E-state index >= 15 is 0 Å². The highest BCUT2D eigenvalue weighted by atomic mass is 16.5. The highest BCUT2D eigenvalue weighted by Gasteiger charge is 2.22. The van der Waals surface area contributed by atoms with Crippen molar-refractivity contribution < 1.29 is 19.4 Å². The van der Waals surface area contributed by atoms with Gasteiger partial charge in [0.05, 0.1) is 25.1 Å². The largest absolute Gasteiger partial charge is 0.496 e. The van der Waals surface area contributed by atoms with Gasteiger partial charge in [-0.15, -0.1) is 0 Å². The molecular formula is C13H17NO4. The summed E-state index contributed by atoms with van der Waals surface area (Å²) in [5.41, 5.74) is 6.89. The molecule has 0 amide bonds. The number of methoxy groups -OCH3 is 1. The van der Waals surface area contributed by atoms with E-state index in [0.717, 1.165) is 12.0 Å². The Bertz CT molecular complexity index is 456. The SMILES string of the molecule is CCc1ccc(OC)c(C(=O)C(N)CC(=O)O)c1. The van der Waals surface area contributed by atoms with Crippen LogP contribution in [0.4, 0.5) is 0 Å². The van der Waals surface area contributed by atoms with E-state index in [1.807, 2.05) is 13.0 Å². The minimum absolute atomic E-state index is 0.339. The summed E-state index contributed by atoms with van der Waals surface area (Å²) in [6, 6.07) is 4.20. The van der Waals surface area contributed by atoms with Crippen LogP contribution in [0.3, 0.4) is 0 Å². The van der Waals surface area contributed by atoms with Crippen LogP contribution in [-0.4, -0.2) is 30.0 Å². The van der Waals surface area contributed by atoms with Gasteiger partial charge < -0.3 is 15.6 Å². The molecule has 0 spiro atoms. The zero-order chi connectivity index (χ0) is 13.7. The Morgan fingerprint density at radius 2 is 2.11 bits per heavy atom. The third kappa shape index (κ3) is 3.30. The number of hydrogen-bond acceptors (Lipinski definition) is 4. The molecule has 0 aliphatic heterocycles. The summed E-state index contributed by atoms with van der Waals surface area (Å²) in [4.78, 5) is 22.6. The van der Waals surface area contributed by atoms with Crippen molar-refractivity contribution in [1.29, 1.82) is 0 Å². The summed E-state index contributed by atoms with van der Waals surface area (Å²) < 4.78 is 5.10. The van der Waals surface area contributed by atoms with Gasteiger partial charge in [0.1, 0.15) is 5.75 Å². The number of rotatable bonds is 6. The second kappa shape index (κ2) is 6.16. The third-order valence-corrected chi connectivity index (χ3v) is 2.67. The van der Waals surface area contributed by atoms with Crippen molar-refractivity contribution in [2.75, 3.05) is 7.11 Å². The van der Waals surface area contributed by atoms with Gasteiger partial charge in [-0.25, -0.2) is 0 Å². The van der Waals surface area contributed by atoms with E-state index in [0.29, 0.717) is 11.3 Å². The van der Waals surface area contributed by atoms with Gasteiger partial charge in [-0.1, -0.05) is 13.0 Å². The highest BCUT2D eigenvalue weighted by Crippen LogP contribution is 2.22. The smallest absolute Gasteiger partial charge is 0.305 e. The molecular weight excluding hydrogens is 234 g/mol. The molecule has 5 heteroatoms. The minimum atomic E-state index is -1.10. The number of carboxylic acids is 1. The van der Waals surface area contributed by atoms with E-state index in [4.69, 9.17) is 15.6 Å². The van der Waals surface area contributed by atoms with Crippen LogP contribution in [-0.2, 0) is 11.2 Å². The Morgan fingerprint density at radius 1 is 1.44 bits per heavy atom. The summed E-state index contributed by atoms with van der Waals surface area (Å²) in [7, 11) is 1.46. The monoisotopic (exact) mass is 251 g/mol. The average molecular weight is 251 g/mol. The van der Waals surface area contributed by atoms with Crippen molar-refractivity contribution in [3.8, 4) is 5.75 Å². The van der Waals surface area contributed by atoms with E-state index in [-0.39, 0.29) is 0 Å². The number of carboxylic acid groups (broad SMARTS) is 1. The van der Waals surface area contributed by atoms with Crippen LogP contribution in [0.15, 0.2) is 18.2 Å². The quantitative estimate of drug-likeness (QED) is 0.742. The van der Waals surface area contributed by atoms with E-state index < -0.39 is 24.2 Å². The molecule has 1 aromatic rings. The highest BCUT2D eigenvalue weighted by molar-refractivity contribution is 6.03. The number of benzene rings is 1. The van der Waals surface area contributed by atoms with Crippen molar-refractivity contribution in [1.82, 2.24) is 0 Å². The molecule has 18 heavy (non-hydrogen) atoms. The normalized spacial score (nSPS) is 11.9. The number of Topliss-reactive ketones (excluding diaryl/α,β-unsaturated/α-hetero) is 1. The summed E-state index contributed by atoms with van der Waals surface area (Å²) in [6.07, 6.45) is 0.386. The van der Waals surface area contributed by atoms with Crippen LogP contribution in [0.5, 0.6) is 5.75 Å². The van der Waals surface area contributed by atoms with Crippen LogP contribution in [0.2, 0.25) is 0 Å². The first-order valence-corrected chi connectivity index (χ1v) is 5.68. The van der Waals surface area contributed by atoms with Gasteiger partial charge in [0.15, 0.2) is 5.78 Å². The Labute approximate surface area is 106 Å². The van der Waals surface area contributed by atoms with Gasteiger partial charge in [-0.2, -0.15) is 0 Å². The summed E-state index contributed by atoms with van der Waals surface area (Å²) in [5, 5.41) is 8.64. The lowest BCUT2D eigenvalue weighted by molar-refractivity contribution is -0.137. The number of ether oxygens (including phenoxy) is 1. The fourth-order valence-corrected chi connectivity index (χ4v) is 1.65. The molecule has 0 aliphatic rings. The molecule has 0 radical (unpaired) electrons. The number of aryl methyl sites for hydroxylation is 1. The van der Waals surface area contributed by atoms with Crippen LogP contribution >= 0.6 is 0 Å². The Kier molecular flexibility index (Phi) is 4.85. The zero-order valence-corrected chi connectivity index (χ0v) is 10.5. The number of aliphatic carboxylic acids is 1. The molecule has 98 valence electrons. The maximum Gasteiger partial charge on any atom is 0.305 e. The summed E-state index contributed by atoms with van der Waals surface area (Å²) in [5.74, 6) is -1.09. The van der Waals surface area contributed by atoms with Gasteiger partial charge in [-0.05, 0) is 24.1 Å². The molecule has 1 aromatic carbocycles. The lowest BCUT2D eigenvalue weighted by atomic mass is 9.98. The Balaban J connectivity index is 3.05. The summed E-state index contributed by atoms with van der Waals surface area (Å²) in [6.45, 7) is 1.97. The first-order chi connectivity index (χ1) is 8.49. The average Bonchev–Trinajstić information content (AvgIpc) is 2.36. The van der Waals surface area contributed by atoms with Crippen LogP contribution in [0.1, 0.15) is 29.3 Å². The molecule has 0 saturated heterocycles. The Morgan fingerprint density at radius 3 is 2.61 bits per heavy atom. The summed E-state index contributed by atoms with van der Waals surface area (Å²) >= 11 is 0. The zero-order valence-electron chi connectivity index (χ0n) is 10.5. The van der Waals surface area contributed by atoms with Crippen molar-refractivity contribution >= 4 is 11.8 Å². The first kappa shape index (κ1) is 14.2. The second-order valence-electron chi connectivity index (χ2n) is 3.96. The number of hydrogen-bond donors (Lipinski definition) is 2. The van der Waals surface area contributed by atoms with E-state index in [1.54, 1.807) is 12.1 Å². The Hall–Kier alpha value is -1.88. The van der Waals surface area contributed by atoms with Crippen LogP contribution in [0.25, 0.3) is 0 Å². The molecule has 0 fully saturated rings. The maximum absolute atomic E-state index is 12.1. The third-order valence-electron chi connectivity index (χ3n) is 2.67. The molecule has 1 unspecified atom stereocenters. The lowest BCUT2D eigenvalue weighted by Gasteiger charge is -2.12. The van der Waals surface area contributed by atoms with Crippen molar-refractivity contribution in [2.45, 2.75) is 25.8 Å². The molecule has 1 rings (SSSR count). The molecule has 1 atom stereocenters. The number of ketones is 1. The molecule has 0 aliphatic carbocycles. The molecule has 3 N–H and O–H groups in total. The van der Waals surface area contributed by atoms with Crippen molar-refractivity contribution in [2.24, 2.45) is 5.73 Å². The topological polar surface area (TPSA) is 89.6 Å². The maximum atomic E-state index is 12.1. The number of carbonyl (C=O) groups is 2. The van der Waals surface area contributed by atoms with E-state index in [2.05, 4.69) is 0 Å².